The van der Waals surface area contributed by atoms with Crippen molar-refractivity contribution in [3.63, 3.8) is 0 Å². The molecule has 0 heterocycles. The molecule has 0 unspecified atom stereocenters. The van der Waals surface area contributed by atoms with Crippen LogP contribution in [0, 0.1) is 0 Å². The summed E-state index contributed by atoms with van der Waals surface area (Å²) in [6.45, 7) is 1.66. The molecule has 6 nitrogen and oxygen atoms in total. The highest BCUT2D eigenvalue weighted by atomic mass is 35.5. The number of ether oxygens (including phenoxy) is 2. The molecule has 0 aliphatic carbocycles. The Balaban J connectivity index is 1.80. The summed E-state index contributed by atoms with van der Waals surface area (Å²) in [7, 11) is 1.53. The Morgan fingerprint density at radius 3 is 2.41 bits per heavy atom. The van der Waals surface area contributed by atoms with Crippen LogP contribution in [-0.4, -0.2) is 25.5 Å². The van der Waals surface area contributed by atoms with E-state index < -0.39 is 5.91 Å². The zero-order chi connectivity index (χ0) is 19.6. The van der Waals surface area contributed by atoms with E-state index in [9.17, 15) is 9.59 Å². The number of allylic oxidation sites excluding steroid dienone is 1. The molecule has 0 aliphatic heterocycles. The van der Waals surface area contributed by atoms with Gasteiger partial charge in [0.15, 0.2) is 18.1 Å². The molecule has 0 saturated heterocycles. The lowest BCUT2D eigenvalue weighted by atomic mass is 10.1. The van der Waals surface area contributed by atoms with Gasteiger partial charge in [-0.2, -0.15) is 0 Å². The van der Waals surface area contributed by atoms with Gasteiger partial charge in [-0.1, -0.05) is 42.0 Å². The minimum Gasteiger partial charge on any atom is -0.493 e. The SMILES string of the molecule is C/C=C/c1ccc(OCC(=O)NNC(=O)Cc2ccc(Cl)cc2)c(OC)c1. The standard InChI is InChI=1S/C20H21ClN2O4/c1-3-4-14-7-10-17(18(11-14)26-2)27-13-20(25)23-22-19(24)12-15-5-8-16(21)9-6-15/h3-11H,12-13H2,1-2H3,(H,22,24)(H,23,25)/b4-3+. The molecule has 2 amide bonds. The third-order valence-corrected chi connectivity index (χ3v) is 3.78. The highest BCUT2D eigenvalue weighted by Gasteiger charge is 2.09. The summed E-state index contributed by atoms with van der Waals surface area (Å²) in [6, 6.07) is 12.3. The van der Waals surface area contributed by atoms with Crippen molar-refractivity contribution in [1.29, 1.82) is 0 Å². The summed E-state index contributed by atoms with van der Waals surface area (Å²) in [5, 5.41) is 0.596. The number of halogens is 1. The molecule has 7 heteroatoms. The molecule has 0 aliphatic rings. The number of rotatable bonds is 7. The van der Waals surface area contributed by atoms with Crippen LogP contribution in [-0.2, 0) is 16.0 Å². The monoisotopic (exact) mass is 388 g/mol. The molecule has 142 valence electrons. The zero-order valence-electron chi connectivity index (χ0n) is 15.1. The molecule has 2 N–H and O–H groups in total. The van der Waals surface area contributed by atoms with Crippen molar-refractivity contribution in [2.45, 2.75) is 13.3 Å². The van der Waals surface area contributed by atoms with Crippen LogP contribution in [0.5, 0.6) is 11.5 Å². The van der Waals surface area contributed by atoms with Gasteiger partial charge < -0.3 is 9.47 Å². The molecule has 0 aromatic heterocycles. The van der Waals surface area contributed by atoms with Crippen LogP contribution in [0.4, 0.5) is 0 Å². The zero-order valence-corrected chi connectivity index (χ0v) is 15.9. The maximum Gasteiger partial charge on any atom is 0.276 e. The molecule has 0 radical (unpaired) electrons. The van der Waals surface area contributed by atoms with Crippen LogP contribution in [0.25, 0.3) is 6.08 Å². The molecule has 27 heavy (non-hydrogen) atoms. The summed E-state index contributed by atoms with van der Waals surface area (Å²) < 4.78 is 10.7. The lowest BCUT2D eigenvalue weighted by molar-refractivity contribution is -0.129. The van der Waals surface area contributed by atoms with Crippen LogP contribution in [0.3, 0.4) is 0 Å². The first-order valence-electron chi connectivity index (χ1n) is 8.27. The van der Waals surface area contributed by atoms with Gasteiger partial charge in [-0.3, -0.25) is 20.4 Å². The van der Waals surface area contributed by atoms with E-state index in [1.54, 1.807) is 36.4 Å². The van der Waals surface area contributed by atoms with E-state index in [0.29, 0.717) is 16.5 Å². The number of carbonyl (C=O) groups is 2. The van der Waals surface area contributed by atoms with Crippen molar-refractivity contribution in [2.24, 2.45) is 0 Å². The fourth-order valence-corrected chi connectivity index (χ4v) is 2.38. The summed E-state index contributed by atoms with van der Waals surface area (Å²) in [4.78, 5) is 23.7. The molecule has 2 aromatic carbocycles. The van der Waals surface area contributed by atoms with Crippen LogP contribution in [0.2, 0.25) is 5.02 Å². The predicted octanol–water partition coefficient (Wildman–Crippen LogP) is 3.15. The number of amides is 2. The molecule has 2 aromatic rings. The largest absolute Gasteiger partial charge is 0.493 e. The molecular formula is C20H21ClN2O4. The fraction of sp³-hybridized carbons (Fsp3) is 0.200. The van der Waals surface area contributed by atoms with Crippen LogP contribution in [0.1, 0.15) is 18.1 Å². The Morgan fingerprint density at radius 2 is 1.74 bits per heavy atom. The summed E-state index contributed by atoms with van der Waals surface area (Å²) >= 11 is 5.80. The topological polar surface area (TPSA) is 76.7 Å². The molecule has 0 spiro atoms. The second kappa shape index (κ2) is 10.2. The molecule has 0 saturated carbocycles. The highest BCUT2D eigenvalue weighted by Crippen LogP contribution is 2.28. The van der Waals surface area contributed by atoms with Gasteiger partial charge in [-0.15, -0.1) is 0 Å². The van der Waals surface area contributed by atoms with E-state index in [0.717, 1.165) is 11.1 Å². The quantitative estimate of drug-likeness (QED) is 0.714. The van der Waals surface area contributed by atoms with Crippen molar-refractivity contribution in [1.82, 2.24) is 10.9 Å². The van der Waals surface area contributed by atoms with Gasteiger partial charge in [-0.25, -0.2) is 0 Å². The molecule has 2 rings (SSSR count). The lowest BCUT2D eigenvalue weighted by Gasteiger charge is -2.12. The minimum atomic E-state index is -0.487. The Kier molecular flexibility index (Phi) is 7.70. The Labute approximate surface area is 163 Å². The van der Waals surface area contributed by atoms with Gasteiger partial charge in [-0.05, 0) is 42.3 Å². The third kappa shape index (κ3) is 6.67. The van der Waals surface area contributed by atoms with Crippen molar-refractivity contribution >= 4 is 29.5 Å². The van der Waals surface area contributed by atoms with Crippen LogP contribution < -0.4 is 20.3 Å². The first kappa shape index (κ1) is 20.3. The second-order valence-corrected chi connectivity index (χ2v) is 6.04. The van der Waals surface area contributed by atoms with Gasteiger partial charge in [0.05, 0.1) is 13.5 Å². The number of methoxy groups -OCH3 is 1. The maximum absolute atomic E-state index is 11.9. The number of hydrogen-bond donors (Lipinski definition) is 2. The van der Waals surface area contributed by atoms with Gasteiger partial charge in [0.25, 0.3) is 5.91 Å². The number of nitrogens with one attached hydrogen (secondary N) is 2. The minimum absolute atomic E-state index is 0.124. The van der Waals surface area contributed by atoms with Crippen molar-refractivity contribution in [3.8, 4) is 11.5 Å². The van der Waals surface area contributed by atoms with E-state index in [2.05, 4.69) is 10.9 Å². The first-order chi connectivity index (χ1) is 13.0. The second-order valence-electron chi connectivity index (χ2n) is 5.60. The average molecular weight is 389 g/mol. The van der Waals surface area contributed by atoms with Crippen LogP contribution in [0.15, 0.2) is 48.5 Å². The van der Waals surface area contributed by atoms with Crippen molar-refractivity contribution in [2.75, 3.05) is 13.7 Å². The molecule has 0 fully saturated rings. The summed E-state index contributed by atoms with van der Waals surface area (Å²) in [5.74, 6) is 0.122. The molecule has 0 atom stereocenters. The van der Waals surface area contributed by atoms with E-state index in [-0.39, 0.29) is 18.9 Å². The predicted molar refractivity (Wildman–Crippen MR) is 105 cm³/mol. The van der Waals surface area contributed by atoms with Crippen LogP contribution >= 0.6 is 11.6 Å². The van der Waals surface area contributed by atoms with Gasteiger partial charge in [0.2, 0.25) is 5.91 Å². The average Bonchev–Trinajstić information content (AvgIpc) is 2.67. The van der Waals surface area contributed by atoms with E-state index in [1.165, 1.54) is 7.11 Å². The molecular weight excluding hydrogens is 368 g/mol. The molecule has 0 bridgehead atoms. The van der Waals surface area contributed by atoms with Crippen molar-refractivity contribution in [3.05, 3.63) is 64.7 Å². The maximum atomic E-state index is 11.9. The number of benzene rings is 2. The van der Waals surface area contributed by atoms with Gasteiger partial charge in [0.1, 0.15) is 0 Å². The Bertz CT molecular complexity index is 819. The fourth-order valence-electron chi connectivity index (χ4n) is 2.25. The lowest BCUT2D eigenvalue weighted by Crippen LogP contribution is -2.44. The highest BCUT2D eigenvalue weighted by molar-refractivity contribution is 6.30. The number of hydrazine groups is 1. The van der Waals surface area contributed by atoms with E-state index >= 15 is 0 Å². The van der Waals surface area contributed by atoms with Gasteiger partial charge >= 0.3 is 0 Å². The van der Waals surface area contributed by atoms with Crippen molar-refractivity contribution < 1.29 is 19.1 Å². The Hall–Kier alpha value is -2.99. The number of carbonyl (C=O) groups excluding carboxylic acids is 2. The Morgan fingerprint density at radius 1 is 1.04 bits per heavy atom. The third-order valence-electron chi connectivity index (χ3n) is 3.52. The normalized spacial score (nSPS) is 10.5. The summed E-state index contributed by atoms with van der Waals surface area (Å²) in [5.41, 5.74) is 6.40. The van der Waals surface area contributed by atoms with Gasteiger partial charge in [0, 0.05) is 5.02 Å². The smallest absolute Gasteiger partial charge is 0.276 e. The number of hydrogen-bond acceptors (Lipinski definition) is 4. The first-order valence-corrected chi connectivity index (χ1v) is 8.65. The van der Waals surface area contributed by atoms with E-state index in [4.69, 9.17) is 21.1 Å². The summed E-state index contributed by atoms with van der Waals surface area (Å²) in [6.07, 6.45) is 3.96. The van der Waals surface area contributed by atoms with E-state index in [1.807, 2.05) is 25.1 Å².